The van der Waals surface area contributed by atoms with Crippen LogP contribution in [0.15, 0.2) is 61.2 Å². The molecule has 0 radical (unpaired) electrons. The first-order valence-corrected chi connectivity index (χ1v) is 11.3. The van der Waals surface area contributed by atoms with Gasteiger partial charge in [-0.2, -0.15) is 0 Å². The molecule has 34 heavy (non-hydrogen) atoms. The average molecular weight is 466 g/mol. The minimum absolute atomic E-state index is 0.0217. The predicted octanol–water partition coefficient (Wildman–Crippen LogP) is 5.47. The molecule has 0 bridgehead atoms. The van der Waals surface area contributed by atoms with E-state index >= 15 is 0 Å². The summed E-state index contributed by atoms with van der Waals surface area (Å²) >= 11 is 0. The lowest BCUT2D eigenvalue weighted by Crippen LogP contribution is -2.49. The van der Waals surface area contributed by atoms with Gasteiger partial charge in [0.25, 0.3) is 0 Å². The van der Waals surface area contributed by atoms with Crippen molar-refractivity contribution in [1.82, 2.24) is 0 Å². The fraction of sp³-hybridized carbons (Fsp3) is 0.370. The van der Waals surface area contributed by atoms with Crippen LogP contribution in [0.25, 0.3) is 11.1 Å². The fourth-order valence-corrected chi connectivity index (χ4v) is 4.18. The molecule has 7 heteroatoms. The molecule has 1 amide bonds. The zero-order valence-corrected chi connectivity index (χ0v) is 19.9. The Kier molecular flexibility index (Phi) is 8.23. The minimum Gasteiger partial charge on any atom is -0.458 e. The molecule has 0 spiro atoms. The summed E-state index contributed by atoms with van der Waals surface area (Å²) < 4.78 is 16.7. The first-order valence-electron chi connectivity index (χ1n) is 11.3. The highest BCUT2D eigenvalue weighted by atomic mass is 16.7. The van der Waals surface area contributed by atoms with Gasteiger partial charge in [-0.3, -0.25) is 10.1 Å². The van der Waals surface area contributed by atoms with Crippen LogP contribution in [0.3, 0.4) is 0 Å². The lowest BCUT2D eigenvalue weighted by atomic mass is 9.78. The summed E-state index contributed by atoms with van der Waals surface area (Å²) in [6, 6.07) is 14.1. The third-order valence-corrected chi connectivity index (χ3v) is 6.40. The summed E-state index contributed by atoms with van der Waals surface area (Å²) in [6.45, 7) is 11.1. The second-order valence-corrected chi connectivity index (χ2v) is 8.62. The molecule has 180 valence electrons. The Morgan fingerprint density at radius 1 is 0.971 bits per heavy atom. The quantitative estimate of drug-likeness (QED) is 0.431. The van der Waals surface area contributed by atoms with Crippen molar-refractivity contribution in [2.45, 2.75) is 40.1 Å². The van der Waals surface area contributed by atoms with Crippen LogP contribution >= 0.6 is 0 Å². The summed E-state index contributed by atoms with van der Waals surface area (Å²) in [5.74, 6) is -0.525. The largest absolute Gasteiger partial charge is 0.458 e. The molecule has 7 nitrogen and oxygen atoms in total. The van der Waals surface area contributed by atoms with Crippen molar-refractivity contribution < 1.29 is 28.6 Å². The maximum Gasteiger partial charge on any atom is 0.413 e. The van der Waals surface area contributed by atoms with Crippen molar-refractivity contribution in [3.05, 3.63) is 66.7 Å². The SMILES string of the molecule is C=CCOC(=O)c1ccccc1-c1ccccc1NC(=O)OC1OC(C(C)=O)C(C)C(C)C1C. The molecule has 3 rings (SSSR count). The van der Waals surface area contributed by atoms with Crippen LogP contribution in [0, 0.1) is 17.8 Å². The van der Waals surface area contributed by atoms with Crippen molar-refractivity contribution in [2.24, 2.45) is 17.8 Å². The van der Waals surface area contributed by atoms with Crippen molar-refractivity contribution >= 4 is 23.5 Å². The Morgan fingerprint density at radius 3 is 2.29 bits per heavy atom. The highest BCUT2D eigenvalue weighted by molar-refractivity contribution is 6.01. The first kappa shape index (κ1) is 25.2. The molecule has 5 atom stereocenters. The standard InChI is InChI=1S/C27H31NO6/c1-6-15-32-25(30)22-13-8-7-11-20(22)21-12-9-10-14-23(21)28-27(31)34-26-18(4)16(2)17(3)24(33-26)19(5)29/h6-14,16-18,24,26H,1,15H2,2-5H3,(H,28,31). The van der Waals surface area contributed by atoms with Gasteiger partial charge in [0, 0.05) is 11.5 Å². The van der Waals surface area contributed by atoms with E-state index in [4.69, 9.17) is 14.2 Å². The van der Waals surface area contributed by atoms with E-state index in [1.165, 1.54) is 13.0 Å². The number of rotatable bonds is 7. The zero-order chi connectivity index (χ0) is 24.8. The number of benzene rings is 2. The van der Waals surface area contributed by atoms with Gasteiger partial charge in [-0.15, -0.1) is 0 Å². The lowest BCUT2D eigenvalue weighted by Gasteiger charge is -2.41. The van der Waals surface area contributed by atoms with Crippen molar-refractivity contribution in [1.29, 1.82) is 0 Å². The van der Waals surface area contributed by atoms with E-state index in [1.54, 1.807) is 42.5 Å². The van der Waals surface area contributed by atoms with Crippen LogP contribution in [0.4, 0.5) is 10.5 Å². The molecule has 1 saturated heterocycles. The number of hydrogen-bond donors (Lipinski definition) is 1. The van der Waals surface area contributed by atoms with Crippen molar-refractivity contribution in [2.75, 3.05) is 11.9 Å². The number of carbonyl (C=O) groups excluding carboxylic acids is 3. The monoisotopic (exact) mass is 465 g/mol. The molecule has 2 aromatic rings. The number of amides is 1. The first-order chi connectivity index (χ1) is 16.2. The summed E-state index contributed by atoms with van der Waals surface area (Å²) in [5.41, 5.74) is 2.06. The Morgan fingerprint density at radius 2 is 1.62 bits per heavy atom. The molecule has 0 aromatic heterocycles. The van der Waals surface area contributed by atoms with Gasteiger partial charge in [-0.05, 0) is 36.5 Å². The number of hydrogen-bond acceptors (Lipinski definition) is 6. The molecular formula is C27H31NO6. The normalized spacial score (nSPS) is 24.1. The van der Waals surface area contributed by atoms with E-state index < -0.39 is 24.5 Å². The van der Waals surface area contributed by atoms with E-state index in [1.807, 2.05) is 26.8 Å². The van der Waals surface area contributed by atoms with E-state index in [0.717, 1.165) is 0 Å². The van der Waals surface area contributed by atoms with Crippen LogP contribution in [-0.2, 0) is 19.0 Å². The summed E-state index contributed by atoms with van der Waals surface area (Å²) in [4.78, 5) is 37.4. The van der Waals surface area contributed by atoms with Crippen LogP contribution in [0.1, 0.15) is 38.1 Å². The number of ketones is 1. The molecule has 1 fully saturated rings. The van der Waals surface area contributed by atoms with Gasteiger partial charge in [0.1, 0.15) is 12.7 Å². The molecule has 1 N–H and O–H groups in total. The van der Waals surface area contributed by atoms with E-state index in [0.29, 0.717) is 22.4 Å². The van der Waals surface area contributed by atoms with Gasteiger partial charge in [-0.25, -0.2) is 9.59 Å². The van der Waals surface area contributed by atoms with Crippen molar-refractivity contribution in [3.63, 3.8) is 0 Å². The molecule has 1 aliphatic rings. The van der Waals surface area contributed by atoms with Crippen LogP contribution in [0.5, 0.6) is 0 Å². The number of esters is 1. The summed E-state index contributed by atoms with van der Waals surface area (Å²) in [5, 5.41) is 2.76. The minimum atomic E-state index is -0.853. The van der Waals surface area contributed by atoms with Crippen molar-refractivity contribution in [3.8, 4) is 11.1 Å². The number of para-hydroxylation sites is 1. The third-order valence-electron chi connectivity index (χ3n) is 6.40. The number of anilines is 1. The maximum atomic E-state index is 12.8. The van der Waals surface area contributed by atoms with Gasteiger partial charge >= 0.3 is 12.1 Å². The summed E-state index contributed by atoms with van der Waals surface area (Å²) in [7, 11) is 0. The molecule has 0 saturated carbocycles. The highest BCUT2D eigenvalue weighted by Crippen LogP contribution is 2.36. The topological polar surface area (TPSA) is 90.9 Å². The lowest BCUT2D eigenvalue weighted by molar-refractivity contribution is -0.219. The Balaban J connectivity index is 1.81. The second kappa shape index (κ2) is 11.1. The van der Waals surface area contributed by atoms with E-state index in [9.17, 15) is 14.4 Å². The Hall–Kier alpha value is -3.45. The van der Waals surface area contributed by atoms with Gasteiger partial charge in [0.05, 0.1) is 11.3 Å². The maximum absolute atomic E-state index is 12.8. The fourth-order valence-electron chi connectivity index (χ4n) is 4.18. The number of nitrogens with one attached hydrogen (secondary N) is 1. The van der Waals surface area contributed by atoms with Gasteiger partial charge in [0.15, 0.2) is 5.78 Å². The van der Waals surface area contributed by atoms with Crippen LogP contribution in [0.2, 0.25) is 0 Å². The van der Waals surface area contributed by atoms with Crippen LogP contribution < -0.4 is 5.32 Å². The average Bonchev–Trinajstić information content (AvgIpc) is 2.83. The Labute approximate surface area is 200 Å². The molecule has 1 aliphatic heterocycles. The molecule has 0 aliphatic carbocycles. The second-order valence-electron chi connectivity index (χ2n) is 8.62. The van der Waals surface area contributed by atoms with Crippen LogP contribution in [-0.4, -0.2) is 36.8 Å². The third kappa shape index (κ3) is 5.54. The molecular weight excluding hydrogens is 434 g/mol. The number of carbonyl (C=O) groups is 3. The smallest absolute Gasteiger partial charge is 0.413 e. The van der Waals surface area contributed by atoms with Gasteiger partial charge in [-0.1, -0.05) is 69.8 Å². The Bertz CT molecular complexity index is 1060. The molecule has 2 aromatic carbocycles. The molecule has 5 unspecified atom stereocenters. The van der Waals surface area contributed by atoms with Gasteiger partial charge < -0.3 is 14.2 Å². The number of Topliss-reactive ketones (excluding diaryl/α,β-unsaturated/α-hetero) is 1. The zero-order valence-electron chi connectivity index (χ0n) is 19.9. The highest BCUT2D eigenvalue weighted by Gasteiger charge is 2.42. The number of ether oxygens (including phenoxy) is 3. The van der Waals surface area contributed by atoms with E-state index in [2.05, 4.69) is 11.9 Å². The molecule has 1 heterocycles. The van der Waals surface area contributed by atoms with E-state index in [-0.39, 0.29) is 30.1 Å². The summed E-state index contributed by atoms with van der Waals surface area (Å²) in [6.07, 6.45) is -0.684. The predicted molar refractivity (Wildman–Crippen MR) is 129 cm³/mol. The van der Waals surface area contributed by atoms with Gasteiger partial charge in [0.2, 0.25) is 6.29 Å².